The number of fused-ring (bicyclic) bond motifs is 1. The van der Waals surface area contributed by atoms with Crippen LogP contribution in [0.1, 0.15) is 16.8 Å². The first kappa shape index (κ1) is 22.9. The second kappa shape index (κ2) is 10.6. The SMILES string of the molecule is COc1ccc(Oc2nc(N3CCOCC3)nc3c2CN(C(=O)OCc2ccccc2)CC3)cc1. The molecule has 0 bridgehead atoms. The number of rotatable bonds is 6. The van der Waals surface area contributed by atoms with Crippen LogP contribution in [0.5, 0.6) is 17.4 Å². The zero-order valence-corrected chi connectivity index (χ0v) is 19.7. The highest BCUT2D eigenvalue weighted by Gasteiger charge is 2.29. The highest BCUT2D eigenvalue weighted by Crippen LogP contribution is 2.32. The van der Waals surface area contributed by atoms with Gasteiger partial charge in [0.25, 0.3) is 0 Å². The molecule has 9 heteroatoms. The van der Waals surface area contributed by atoms with Gasteiger partial charge in [-0.15, -0.1) is 0 Å². The number of carbonyl (C=O) groups excluding carboxylic acids is 1. The molecule has 0 radical (unpaired) electrons. The molecule has 1 aromatic heterocycles. The number of aromatic nitrogens is 2. The van der Waals surface area contributed by atoms with Crippen molar-refractivity contribution in [3.8, 4) is 17.4 Å². The molecule has 0 spiro atoms. The molecule has 9 nitrogen and oxygen atoms in total. The Bertz CT molecular complexity index is 1150. The van der Waals surface area contributed by atoms with Gasteiger partial charge in [0.15, 0.2) is 0 Å². The summed E-state index contributed by atoms with van der Waals surface area (Å²) in [5.41, 5.74) is 2.62. The fourth-order valence-electron chi connectivity index (χ4n) is 4.08. The van der Waals surface area contributed by atoms with E-state index in [1.807, 2.05) is 54.6 Å². The Labute approximate surface area is 204 Å². The molecule has 0 aliphatic carbocycles. The maximum atomic E-state index is 12.8. The van der Waals surface area contributed by atoms with Crippen molar-refractivity contribution < 1.29 is 23.7 Å². The standard InChI is InChI=1S/C26H28N4O5/c1-32-20-7-9-21(10-8-20)35-24-22-17-30(26(31)34-18-19-5-3-2-4-6-19)12-11-23(22)27-25(28-24)29-13-15-33-16-14-29/h2-10H,11-18H2,1H3. The van der Waals surface area contributed by atoms with E-state index in [4.69, 9.17) is 28.9 Å². The van der Waals surface area contributed by atoms with Crippen molar-refractivity contribution in [3.05, 3.63) is 71.4 Å². The fraction of sp³-hybridized carbons (Fsp3) is 0.346. The molecule has 0 unspecified atom stereocenters. The van der Waals surface area contributed by atoms with Crippen LogP contribution in [0.4, 0.5) is 10.7 Å². The summed E-state index contributed by atoms with van der Waals surface area (Å²) in [5, 5.41) is 0. The minimum atomic E-state index is -0.368. The van der Waals surface area contributed by atoms with E-state index in [-0.39, 0.29) is 12.7 Å². The number of methoxy groups -OCH3 is 1. The van der Waals surface area contributed by atoms with E-state index in [9.17, 15) is 4.79 Å². The van der Waals surface area contributed by atoms with Gasteiger partial charge in [-0.3, -0.25) is 0 Å². The first-order chi connectivity index (χ1) is 17.2. The van der Waals surface area contributed by atoms with Gasteiger partial charge < -0.3 is 28.7 Å². The van der Waals surface area contributed by atoms with Gasteiger partial charge in [-0.2, -0.15) is 4.98 Å². The first-order valence-electron chi connectivity index (χ1n) is 11.7. The van der Waals surface area contributed by atoms with Crippen LogP contribution in [-0.2, 0) is 29.0 Å². The van der Waals surface area contributed by atoms with Crippen molar-refractivity contribution in [3.63, 3.8) is 0 Å². The summed E-state index contributed by atoms with van der Waals surface area (Å²) in [6.45, 7) is 3.77. The number of ether oxygens (including phenoxy) is 4. The van der Waals surface area contributed by atoms with Gasteiger partial charge in [-0.25, -0.2) is 9.78 Å². The summed E-state index contributed by atoms with van der Waals surface area (Å²) in [6, 6.07) is 17.0. The number of amides is 1. The second-order valence-electron chi connectivity index (χ2n) is 8.34. The molecule has 0 atom stereocenters. The number of benzene rings is 2. The number of hydrogen-bond acceptors (Lipinski definition) is 8. The minimum Gasteiger partial charge on any atom is -0.497 e. The second-order valence-corrected chi connectivity index (χ2v) is 8.34. The number of carbonyl (C=O) groups is 1. The van der Waals surface area contributed by atoms with Gasteiger partial charge >= 0.3 is 6.09 Å². The third kappa shape index (κ3) is 5.46. The topological polar surface area (TPSA) is 86.3 Å². The first-order valence-corrected chi connectivity index (χ1v) is 11.7. The summed E-state index contributed by atoms with van der Waals surface area (Å²) >= 11 is 0. The lowest BCUT2D eigenvalue weighted by Gasteiger charge is -2.31. The molecule has 35 heavy (non-hydrogen) atoms. The smallest absolute Gasteiger partial charge is 0.410 e. The minimum absolute atomic E-state index is 0.227. The molecule has 3 aromatic rings. The summed E-state index contributed by atoms with van der Waals surface area (Å²) in [7, 11) is 1.62. The molecule has 2 aliphatic heterocycles. The fourth-order valence-corrected chi connectivity index (χ4v) is 4.08. The maximum absolute atomic E-state index is 12.8. The zero-order chi connectivity index (χ0) is 24.0. The van der Waals surface area contributed by atoms with Gasteiger partial charge in [-0.1, -0.05) is 30.3 Å². The molecule has 1 amide bonds. The molecule has 182 valence electrons. The van der Waals surface area contributed by atoms with Crippen LogP contribution in [0.25, 0.3) is 0 Å². The van der Waals surface area contributed by atoms with Gasteiger partial charge in [0, 0.05) is 26.1 Å². The van der Waals surface area contributed by atoms with Gasteiger partial charge in [0.2, 0.25) is 11.8 Å². The van der Waals surface area contributed by atoms with Crippen LogP contribution in [0, 0.1) is 0 Å². The van der Waals surface area contributed by atoms with Crippen molar-refractivity contribution in [1.82, 2.24) is 14.9 Å². The summed E-state index contributed by atoms with van der Waals surface area (Å²) < 4.78 is 22.5. The molecular formula is C26H28N4O5. The molecule has 2 aliphatic rings. The largest absolute Gasteiger partial charge is 0.497 e. The maximum Gasteiger partial charge on any atom is 0.410 e. The van der Waals surface area contributed by atoms with E-state index in [2.05, 4.69) is 4.90 Å². The van der Waals surface area contributed by atoms with Crippen molar-refractivity contribution >= 4 is 12.0 Å². The number of nitrogens with zero attached hydrogens (tertiary/aromatic N) is 4. The lowest BCUT2D eigenvalue weighted by Crippen LogP contribution is -2.39. The number of morpholine rings is 1. The predicted molar refractivity (Wildman–Crippen MR) is 129 cm³/mol. The van der Waals surface area contributed by atoms with Crippen molar-refractivity contribution in [2.24, 2.45) is 0 Å². The molecule has 3 heterocycles. The van der Waals surface area contributed by atoms with Crippen LogP contribution >= 0.6 is 0 Å². The lowest BCUT2D eigenvalue weighted by molar-refractivity contribution is 0.0911. The number of anilines is 1. The van der Waals surface area contributed by atoms with E-state index in [0.717, 1.165) is 35.7 Å². The van der Waals surface area contributed by atoms with Crippen molar-refractivity contribution in [2.45, 2.75) is 19.6 Å². The van der Waals surface area contributed by atoms with Crippen molar-refractivity contribution in [2.75, 3.05) is 44.9 Å². The highest BCUT2D eigenvalue weighted by molar-refractivity contribution is 5.68. The van der Waals surface area contributed by atoms with Crippen LogP contribution in [0.15, 0.2) is 54.6 Å². The van der Waals surface area contributed by atoms with Crippen LogP contribution in [0.2, 0.25) is 0 Å². The monoisotopic (exact) mass is 476 g/mol. The summed E-state index contributed by atoms with van der Waals surface area (Å²) in [4.78, 5) is 26.2. The molecule has 0 saturated carbocycles. The third-order valence-corrected chi connectivity index (χ3v) is 6.04. The zero-order valence-electron chi connectivity index (χ0n) is 19.7. The van der Waals surface area contributed by atoms with Crippen LogP contribution in [-0.4, -0.2) is 60.9 Å². The third-order valence-electron chi connectivity index (χ3n) is 6.04. The molecule has 2 aromatic carbocycles. The summed E-state index contributed by atoms with van der Waals surface area (Å²) in [6.07, 6.45) is 0.223. The Kier molecular flexibility index (Phi) is 6.94. The van der Waals surface area contributed by atoms with Crippen LogP contribution < -0.4 is 14.4 Å². The molecule has 1 saturated heterocycles. The Balaban J connectivity index is 1.38. The Morgan fingerprint density at radius 1 is 0.971 bits per heavy atom. The lowest BCUT2D eigenvalue weighted by atomic mass is 10.1. The van der Waals surface area contributed by atoms with Gasteiger partial charge in [-0.05, 0) is 29.8 Å². The molecule has 0 N–H and O–H groups in total. The van der Waals surface area contributed by atoms with E-state index < -0.39 is 0 Å². The van der Waals surface area contributed by atoms with E-state index in [0.29, 0.717) is 50.3 Å². The molecule has 5 rings (SSSR count). The normalized spacial score (nSPS) is 15.3. The van der Waals surface area contributed by atoms with Gasteiger partial charge in [0.05, 0.1) is 38.1 Å². The molecular weight excluding hydrogens is 448 g/mol. The average molecular weight is 477 g/mol. The van der Waals surface area contributed by atoms with E-state index >= 15 is 0 Å². The van der Waals surface area contributed by atoms with Crippen molar-refractivity contribution in [1.29, 1.82) is 0 Å². The Morgan fingerprint density at radius 3 is 2.46 bits per heavy atom. The average Bonchev–Trinajstić information content (AvgIpc) is 2.93. The predicted octanol–water partition coefficient (Wildman–Crippen LogP) is 3.81. The number of hydrogen-bond donors (Lipinski definition) is 0. The Hall–Kier alpha value is -3.85. The van der Waals surface area contributed by atoms with Crippen LogP contribution in [0.3, 0.4) is 0 Å². The highest BCUT2D eigenvalue weighted by atomic mass is 16.6. The summed E-state index contributed by atoms with van der Waals surface area (Å²) in [5.74, 6) is 2.43. The molecule has 1 fully saturated rings. The van der Waals surface area contributed by atoms with Gasteiger partial charge in [0.1, 0.15) is 18.1 Å². The quantitative estimate of drug-likeness (QED) is 0.531. The Morgan fingerprint density at radius 2 is 1.71 bits per heavy atom. The van der Waals surface area contributed by atoms with E-state index in [1.54, 1.807) is 12.0 Å². The van der Waals surface area contributed by atoms with E-state index in [1.165, 1.54) is 0 Å².